The molecule has 10 heteroatoms. The van der Waals surface area contributed by atoms with Gasteiger partial charge in [-0.25, -0.2) is 13.8 Å². The van der Waals surface area contributed by atoms with Gasteiger partial charge in [0.05, 0.1) is 12.1 Å². The summed E-state index contributed by atoms with van der Waals surface area (Å²) in [6.45, 7) is 2.55. The Hall–Kier alpha value is -1.29. The third-order valence-corrected chi connectivity index (χ3v) is 4.73. The molecule has 23 heavy (non-hydrogen) atoms. The van der Waals surface area contributed by atoms with E-state index in [1.54, 1.807) is 0 Å². The van der Waals surface area contributed by atoms with Gasteiger partial charge < -0.3 is 10.6 Å². The number of rotatable bonds is 3. The summed E-state index contributed by atoms with van der Waals surface area (Å²) in [7, 11) is 0. The van der Waals surface area contributed by atoms with E-state index in [4.69, 9.17) is 0 Å². The zero-order valence-corrected chi connectivity index (χ0v) is 13.2. The second kappa shape index (κ2) is 5.97. The number of nitrogens with one attached hydrogen (secondary N) is 2. The maximum atomic E-state index is 13.8. The minimum atomic E-state index is -4.59. The molecule has 1 aromatic heterocycles. The molecule has 0 aromatic carbocycles. The summed E-state index contributed by atoms with van der Waals surface area (Å²) < 4.78 is 65.3. The SMILES string of the molecule is CC(C)(NC(=O)C1CCNCC1(F)F)c1nc(C(F)(F)F)cs1. The van der Waals surface area contributed by atoms with E-state index < -0.39 is 41.7 Å². The molecule has 1 aromatic rings. The van der Waals surface area contributed by atoms with Gasteiger partial charge in [-0.05, 0) is 26.8 Å². The molecular weight excluding hydrogens is 341 g/mol. The van der Waals surface area contributed by atoms with Crippen LogP contribution in [0.15, 0.2) is 5.38 Å². The lowest BCUT2D eigenvalue weighted by Gasteiger charge is -2.33. The molecule has 0 aliphatic carbocycles. The molecule has 1 saturated heterocycles. The van der Waals surface area contributed by atoms with Gasteiger partial charge in [-0.15, -0.1) is 11.3 Å². The summed E-state index contributed by atoms with van der Waals surface area (Å²) >= 11 is 0.726. The Labute approximate surface area is 133 Å². The Kier molecular flexibility index (Phi) is 4.69. The lowest BCUT2D eigenvalue weighted by atomic mass is 9.92. The summed E-state index contributed by atoms with van der Waals surface area (Å²) in [5.41, 5.74) is -2.33. The number of hydrogen-bond acceptors (Lipinski definition) is 4. The van der Waals surface area contributed by atoms with Crippen molar-refractivity contribution in [2.24, 2.45) is 5.92 Å². The number of aromatic nitrogens is 1. The van der Waals surface area contributed by atoms with Gasteiger partial charge in [-0.2, -0.15) is 13.2 Å². The highest BCUT2D eigenvalue weighted by molar-refractivity contribution is 7.09. The Balaban J connectivity index is 2.14. The normalized spacial score (nSPS) is 22.0. The Bertz CT molecular complexity index is 584. The maximum Gasteiger partial charge on any atom is 0.434 e. The first kappa shape index (κ1) is 18.1. The summed E-state index contributed by atoms with van der Waals surface area (Å²) in [4.78, 5) is 15.6. The lowest BCUT2D eigenvalue weighted by Crippen LogP contribution is -2.54. The van der Waals surface area contributed by atoms with Crippen LogP contribution in [0, 0.1) is 5.92 Å². The molecular formula is C13H16F5N3OS. The molecule has 1 aliphatic rings. The number of carbonyl (C=O) groups is 1. The van der Waals surface area contributed by atoms with Crippen LogP contribution in [0.4, 0.5) is 22.0 Å². The van der Waals surface area contributed by atoms with Crippen molar-refractivity contribution in [3.05, 3.63) is 16.1 Å². The first-order valence-corrected chi connectivity index (χ1v) is 7.75. The third kappa shape index (κ3) is 3.97. The predicted octanol–water partition coefficient (Wildman–Crippen LogP) is 2.76. The van der Waals surface area contributed by atoms with Crippen LogP contribution in [0.25, 0.3) is 0 Å². The maximum absolute atomic E-state index is 13.8. The predicted molar refractivity (Wildman–Crippen MR) is 74.2 cm³/mol. The highest BCUT2D eigenvalue weighted by Crippen LogP contribution is 2.34. The van der Waals surface area contributed by atoms with Gasteiger partial charge in [-0.1, -0.05) is 0 Å². The molecule has 1 fully saturated rings. The first-order valence-electron chi connectivity index (χ1n) is 6.87. The summed E-state index contributed by atoms with van der Waals surface area (Å²) in [6, 6.07) is 0. The highest BCUT2D eigenvalue weighted by atomic mass is 32.1. The topological polar surface area (TPSA) is 54.0 Å². The molecule has 4 nitrogen and oxygen atoms in total. The highest BCUT2D eigenvalue weighted by Gasteiger charge is 2.47. The third-order valence-electron chi connectivity index (χ3n) is 3.56. The van der Waals surface area contributed by atoms with Crippen LogP contribution in [0.3, 0.4) is 0 Å². The molecule has 1 unspecified atom stereocenters. The molecule has 2 rings (SSSR count). The van der Waals surface area contributed by atoms with E-state index in [2.05, 4.69) is 15.6 Å². The minimum Gasteiger partial charge on any atom is -0.344 e. The average molecular weight is 357 g/mol. The van der Waals surface area contributed by atoms with Crippen LogP contribution in [0.1, 0.15) is 31.0 Å². The van der Waals surface area contributed by atoms with Gasteiger partial charge in [0.2, 0.25) is 5.91 Å². The quantitative estimate of drug-likeness (QED) is 0.818. The van der Waals surface area contributed by atoms with Crippen molar-refractivity contribution in [1.29, 1.82) is 0 Å². The number of thiazole rings is 1. The molecule has 1 aliphatic heterocycles. The first-order chi connectivity index (χ1) is 10.4. The standard InChI is InChI=1S/C13H16F5N3OS/c1-11(2,10-20-8(5-23-10)13(16,17)18)21-9(22)7-3-4-19-6-12(7,14)15/h5,7,19H,3-4,6H2,1-2H3,(H,21,22). The second-order valence-electron chi connectivity index (χ2n) is 5.93. The number of carbonyl (C=O) groups excluding carboxylic acids is 1. The molecule has 0 bridgehead atoms. The Morgan fingerprint density at radius 3 is 2.61 bits per heavy atom. The summed E-state index contributed by atoms with van der Waals surface area (Å²) in [6.07, 6.45) is -4.63. The zero-order chi connectivity index (χ0) is 17.5. The van der Waals surface area contributed by atoms with Crippen LogP contribution in [-0.2, 0) is 16.5 Å². The van der Waals surface area contributed by atoms with Crippen molar-refractivity contribution in [2.75, 3.05) is 13.1 Å². The van der Waals surface area contributed by atoms with Crippen LogP contribution >= 0.6 is 11.3 Å². The van der Waals surface area contributed by atoms with E-state index in [1.165, 1.54) is 13.8 Å². The fourth-order valence-corrected chi connectivity index (χ4v) is 3.20. The molecule has 1 atom stereocenters. The molecule has 130 valence electrons. The molecule has 0 radical (unpaired) electrons. The number of amides is 1. The van der Waals surface area contributed by atoms with Crippen molar-refractivity contribution >= 4 is 17.2 Å². The van der Waals surface area contributed by atoms with Crippen LogP contribution < -0.4 is 10.6 Å². The smallest absolute Gasteiger partial charge is 0.344 e. The van der Waals surface area contributed by atoms with E-state index in [0.29, 0.717) is 0 Å². The molecule has 0 saturated carbocycles. The van der Waals surface area contributed by atoms with Crippen molar-refractivity contribution < 1.29 is 26.7 Å². The van der Waals surface area contributed by atoms with E-state index in [0.717, 1.165) is 16.7 Å². The molecule has 0 spiro atoms. The van der Waals surface area contributed by atoms with Crippen molar-refractivity contribution in [1.82, 2.24) is 15.6 Å². The van der Waals surface area contributed by atoms with Crippen LogP contribution in [-0.4, -0.2) is 29.9 Å². The number of piperidine rings is 1. The van der Waals surface area contributed by atoms with E-state index in [-0.39, 0.29) is 18.0 Å². The average Bonchev–Trinajstić information content (AvgIpc) is 2.87. The van der Waals surface area contributed by atoms with Crippen LogP contribution in [0.5, 0.6) is 0 Å². The number of nitrogens with zero attached hydrogens (tertiary/aromatic N) is 1. The van der Waals surface area contributed by atoms with Gasteiger partial charge in [0.1, 0.15) is 10.9 Å². The number of alkyl halides is 5. The van der Waals surface area contributed by atoms with E-state index in [1.807, 2.05) is 0 Å². The van der Waals surface area contributed by atoms with Gasteiger partial charge in [-0.3, -0.25) is 4.79 Å². The molecule has 1 amide bonds. The molecule has 2 heterocycles. The van der Waals surface area contributed by atoms with E-state index >= 15 is 0 Å². The fraction of sp³-hybridized carbons (Fsp3) is 0.692. The zero-order valence-electron chi connectivity index (χ0n) is 12.4. The van der Waals surface area contributed by atoms with Crippen molar-refractivity contribution in [2.45, 2.75) is 37.9 Å². The summed E-state index contributed by atoms with van der Waals surface area (Å²) in [5, 5.41) is 5.75. The lowest BCUT2D eigenvalue weighted by molar-refractivity contribution is -0.144. The van der Waals surface area contributed by atoms with Gasteiger partial charge in [0.25, 0.3) is 5.92 Å². The van der Waals surface area contributed by atoms with E-state index in [9.17, 15) is 26.7 Å². The monoisotopic (exact) mass is 357 g/mol. The van der Waals surface area contributed by atoms with Crippen molar-refractivity contribution in [3.8, 4) is 0 Å². The van der Waals surface area contributed by atoms with Crippen molar-refractivity contribution in [3.63, 3.8) is 0 Å². The van der Waals surface area contributed by atoms with Crippen LogP contribution in [0.2, 0.25) is 0 Å². The number of hydrogen-bond donors (Lipinski definition) is 2. The van der Waals surface area contributed by atoms with Gasteiger partial charge in [0, 0.05) is 5.38 Å². The fourth-order valence-electron chi connectivity index (χ4n) is 2.30. The summed E-state index contributed by atoms with van der Waals surface area (Å²) in [5.74, 6) is -5.59. The van der Waals surface area contributed by atoms with Gasteiger partial charge in [0.15, 0.2) is 5.69 Å². The Morgan fingerprint density at radius 2 is 2.09 bits per heavy atom. The number of halogens is 5. The second-order valence-corrected chi connectivity index (χ2v) is 6.79. The Morgan fingerprint density at radius 1 is 1.43 bits per heavy atom. The largest absolute Gasteiger partial charge is 0.434 e. The minimum absolute atomic E-state index is 0.00965. The van der Waals surface area contributed by atoms with Gasteiger partial charge >= 0.3 is 6.18 Å². The molecule has 2 N–H and O–H groups in total.